The number of nitrogens with zero attached hydrogens (tertiary/aromatic N) is 9. The summed E-state index contributed by atoms with van der Waals surface area (Å²) in [6.45, 7) is 1.45. The molecule has 408 valence electrons. The Morgan fingerprint density at radius 3 is 1.87 bits per heavy atom. The van der Waals surface area contributed by atoms with E-state index in [0.29, 0.717) is 44.8 Å². The van der Waals surface area contributed by atoms with Crippen LogP contribution in [0.1, 0.15) is 12.0 Å². The lowest BCUT2D eigenvalue weighted by Gasteiger charge is -2.13. The van der Waals surface area contributed by atoms with Gasteiger partial charge in [0.05, 0.1) is 38.8 Å². The topological polar surface area (TPSA) is 426 Å². The maximum absolute atomic E-state index is 13.2. The second kappa shape index (κ2) is 20.9. The molecular weight excluding hydrogens is 1160 g/mol. The van der Waals surface area contributed by atoms with Crippen molar-refractivity contribution >= 4 is 127 Å². The van der Waals surface area contributed by atoms with Crippen molar-refractivity contribution in [2.75, 3.05) is 12.4 Å². The van der Waals surface area contributed by atoms with E-state index in [1.165, 1.54) is 53.8 Å². The molecule has 27 nitrogen and oxygen atoms in total. The lowest BCUT2D eigenvalue weighted by atomic mass is 10.1. The zero-order valence-electron chi connectivity index (χ0n) is 39.7. The number of hydrogen-bond donors (Lipinski definition) is 7. The predicted octanol–water partition coefficient (Wildman–Crippen LogP) is 10.1. The molecule has 33 heteroatoms. The van der Waals surface area contributed by atoms with Gasteiger partial charge in [-0.15, -0.1) is 30.7 Å². The van der Waals surface area contributed by atoms with Crippen molar-refractivity contribution in [3.8, 4) is 34.3 Å². The van der Waals surface area contributed by atoms with Crippen LogP contribution in [0.5, 0.6) is 17.4 Å². The van der Waals surface area contributed by atoms with Crippen LogP contribution >= 0.6 is 11.3 Å². The minimum Gasteiger partial charge on any atom is -0.505 e. The number of hydrogen-bond acceptors (Lipinski definition) is 22. The van der Waals surface area contributed by atoms with Crippen LogP contribution in [0.25, 0.3) is 48.7 Å². The highest BCUT2D eigenvalue weighted by Crippen LogP contribution is 2.46. The Kier molecular flexibility index (Phi) is 14.8. The molecule has 0 spiro atoms. The van der Waals surface area contributed by atoms with Crippen LogP contribution in [0, 0.1) is 6.92 Å². The van der Waals surface area contributed by atoms with Crippen molar-refractivity contribution in [3.63, 3.8) is 0 Å². The van der Waals surface area contributed by atoms with Crippen LogP contribution in [0.3, 0.4) is 0 Å². The van der Waals surface area contributed by atoms with E-state index in [4.69, 9.17) is 4.74 Å². The van der Waals surface area contributed by atoms with E-state index in [2.05, 4.69) is 40.8 Å². The normalized spacial score (nSPS) is 13.0. The summed E-state index contributed by atoms with van der Waals surface area (Å²) < 4.78 is 181. The van der Waals surface area contributed by atoms with Gasteiger partial charge in [0.15, 0.2) is 11.4 Å². The molecule has 9 rings (SSSR count). The number of ether oxygens (including phenoxy) is 1. The number of azo groups is 3. The number of aryl methyl sites for hydroxylation is 1. The highest BCUT2D eigenvalue weighted by Gasteiger charge is 2.29. The molecule has 2 heterocycles. The van der Waals surface area contributed by atoms with Crippen molar-refractivity contribution in [1.82, 2.24) is 14.8 Å². The van der Waals surface area contributed by atoms with Gasteiger partial charge in [-0.1, -0.05) is 59.9 Å². The average molecular weight is 1190 g/mol. The fraction of sp³-hybridized carbons (Fsp3) is 0.0870. The number of phenols is 1. The molecule has 0 fully saturated rings. The van der Waals surface area contributed by atoms with Gasteiger partial charge in [0.1, 0.15) is 43.2 Å². The molecule has 0 atom stereocenters. The van der Waals surface area contributed by atoms with Crippen molar-refractivity contribution in [3.05, 3.63) is 121 Å². The van der Waals surface area contributed by atoms with E-state index in [0.717, 1.165) is 29.0 Å². The quantitative estimate of drug-likeness (QED) is 0.0253. The van der Waals surface area contributed by atoms with Crippen LogP contribution in [-0.4, -0.2) is 102 Å². The van der Waals surface area contributed by atoms with Gasteiger partial charge in [-0.3, -0.25) is 22.8 Å². The molecule has 0 aliphatic rings. The Balaban J connectivity index is 1.11. The zero-order valence-corrected chi connectivity index (χ0v) is 44.6. The first-order chi connectivity index (χ1) is 37.0. The first-order valence-corrected chi connectivity index (χ1v) is 30.3. The number of para-hydroxylation sites is 1. The van der Waals surface area contributed by atoms with Crippen LogP contribution in [0.4, 0.5) is 33.6 Å². The van der Waals surface area contributed by atoms with Crippen LogP contribution in [-0.2, 0) is 50.6 Å². The summed E-state index contributed by atoms with van der Waals surface area (Å²) in [7, 11) is -25.8. The number of aromatic nitrogens is 3. The third-order valence-corrected chi connectivity index (χ3v) is 16.7. The molecular formula is C46H35N9O18S6. The molecule has 0 bridgehead atoms. The van der Waals surface area contributed by atoms with Gasteiger partial charge in [-0.2, -0.15) is 51.9 Å². The molecule has 0 aliphatic heterocycles. The number of benzene rings is 7. The Morgan fingerprint density at radius 2 is 1.20 bits per heavy atom. The molecule has 9 aromatic rings. The fourth-order valence-electron chi connectivity index (χ4n) is 7.89. The molecule has 0 radical (unpaired) electrons. The highest BCUT2D eigenvalue weighted by atomic mass is 32.2. The average Bonchev–Trinajstić information content (AvgIpc) is 4.02. The molecule has 0 saturated carbocycles. The largest absolute Gasteiger partial charge is 0.505 e. The smallest absolute Gasteiger partial charge is 0.297 e. The van der Waals surface area contributed by atoms with E-state index in [9.17, 15) is 75.1 Å². The third kappa shape index (κ3) is 12.0. The highest BCUT2D eigenvalue weighted by molar-refractivity contribution is 7.87. The van der Waals surface area contributed by atoms with Crippen molar-refractivity contribution in [2.45, 2.75) is 32.9 Å². The zero-order chi connectivity index (χ0) is 57.0. The monoisotopic (exact) mass is 1190 g/mol. The second-order valence-electron chi connectivity index (χ2n) is 16.8. The van der Waals surface area contributed by atoms with E-state index < -0.39 is 115 Å². The molecule has 0 aliphatic carbocycles. The minimum absolute atomic E-state index is 0.0298. The van der Waals surface area contributed by atoms with Crippen LogP contribution in [0.15, 0.2) is 166 Å². The maximum Gasteiger partial charge on any atom is 0.297 e. The first-order valence-electron chi connectivity index (χ1n) is 22.1. The molecule has 0 unspecified atom stereocenters. The van der Waals surface area contributed by atoms with Gasteiger partial charge in [0.25, 0.3) is 50.6 Å². The SMILES string of the molecule is Cc1cc(N=Nc2ccc3c(S(=O)(=O)O)c(N=Nc4c(-c5ccccc5)nn(-c5cc(S(=O)(=O)O)c6cc(S(=O)(=O)O)cc(S(=O)(=O)O)c6c5)c4O)ccc3c2O)c(OCCCS(=O)(=O)O)cc1N=Nc1nc2ccccc2s1. The number of aromatic hydroxyl groups is 2. The van der Waals surface area contributed by atoms with E-state index in [1.807, 2.05) is 24.3 Å². The summed E-state index contributed by atoms with van der Waals surface area (Å²) in [5, 5.41) is 50.8. The number of fused-ring (bicyclic) bond motifs is 3. The standard InChI is InChI=1S/C46H35N9O18S6/c1-24-18-36(37(73-16-7-17-75(58,59)60)23-35(24)50-53-46-47-32-10-5-6-11-38(32)74-46)51-48-33-14-13-29-28(43(33)56)12-15-34(44(29)79(70,71)72)49-52-42-41(25-8-3-2-4-9-25)54-55(45(42)57)26-19-30-31(39(20-26)77(64,65)66)21-27(76(61,62)63)22-40(30)78(67,68)69/h2-6,8-15,18-23,56-57H,7,16-17H2,1H3,(H,58,59,60)(H,61,62,63)(H,64,65,66)(H,67,68,69)(H,70,71,72). The molecule has 79 heavy (non-hydrogen) atoms. The van der Waals surface area contributed by atoms with Gasteiger partial charge < -0.3 is 14.9 Å². The summed E-state index contributed by atoms with van der Waals surface area (Å²) in [6, 6.07) is 24.7. The van der Waals surface area contributed by atoms with Crippen molar-refractivity contribution in [2.24, 2.45) is 30.7 Å². The Bertz CT molecular complexity index is 4650. The van der Waals surface area contributed by atoms with Gasteiger partial charge in [-0.05, 0) is 79.6 Å². The lowest BCUT2D eigenvalue weighted by molar-refractivity contribution is 0.317. The van der Waals surface area contributed by atoms with E-state index in [1.54, 1.807) is 13.0 Å². The number of thiazole rings is 1. The molecule has 0 amide bonds. The maximum atomic E-state index is 13.2. The van der Waals surface area contributed by atoms with Gasteiger partial charge in [0.2, 0.25) is 11.0 Å². The Hall–Kier alpha value is -8.09. The Morgan fingerprint density at radius 1 is 0.582 bits per heavy atom. The fourth-order valence-corrected chi connectivity index (χ4v) is 12.0. The number of rotatable bonds is 17. The first kappa shape index (κ1) is 55.7. The van der Waals surface area contributed by atoms with Crippen molar-refractivity contribution < 1.29 is 79.8 Å². The summed E-state index contributed by atoms with van der Waals surface area (Å²) in [5.74, 6) is -2.24. The summed E-state index contributed by atoms with van der Waals surface area (Å²) in [5.41, 5.74) is -0.448. The van der Waals surface area contributed by atoms with Gasteiger partial charge in [0, 0.05) is 33.2 Å². The summed E-state index contributed by atoms with van der Waals surface area (Å²) in [4.78, 5) is -0.112. The van der Waals surface area contributed by atoms with Gasteiger partial charge >= 0.3 is 0 Å². The Labute approximate surface area is 450 Å². The minimum atomic E-state index is -5.45. The predicted molar refractivity (Wildman–Crippen MR) is 283 cm³/mol. The second-order valence-corrected chi connectivity index (χ2v) is 24.9. The number of phenolic OH excluding ortho intramolecular Hbond substituents is 1. The van der Waals surface area contributed by atoms with E-state index in [-0.39, 0.29) is 52.2 Å². The summed E-state index contributed by atoms with van der Waals surface area (Å²) >= 11 is 1.30. The van der Waals surface area contributed by atoms with Crippen LogP contribution in [0.2, 0.25) is 0 Å². The lowest BCUT2D eigenvalue weighted by Crippen LogP contribution is -2.08. The molecule has 7 aromatic carbocycles. The molecule has 0 saturated heterocycles. The van der Waals surface area contributed by atoms with E-state index >= 15 is 0 Å². The van der Waals surface area contributed by atoms with Gasteiger partial charge in [-0.25, -0.2) is 4.98 Å². The third-order valence-electron chi connectivity index (χ3n) is 11.4. The summed E-state index contributed by atoms with van der Waals surface area (Å²) in [6.07, 6.45) is -0.130. The molecule has 7 N–H and O–H groups in total. The molecule has 2 aromatic heterocycles. The van der Waals surface area contributed by atoms with Crippen LogP contribution < -0.4 is 4.74 Å². The van der Waals surface area contributed by atoms with Crippen molar-refractivity contribution in [1.29, 1.82) is 0 Å².